The molecule has 1 amide bonds. The first-order valence-corrected chi connectivity index (χ1v) is 9.77. The summed E-state index contributed by atoms with van der Waals surface area (Å²) in [5.41, 5.74) is 2.88. The third-order valence-electron chi connectivity index (χ3n) is 4.31. The third-order valence-corrected chi connectivity index (χ3v) is 6.12. The van der Waals surface area contributed by atoms with Gasteiger partial charge in [-0.1, -0.05) is 24.3 Å². The number of amides is 1. The molecular formula is C19H22N2O3S. The van der Waals surface area contributed by atoms with Crippen LogP contribution in [0.25, 0.3) is 0 Å². The molecule has 2 aromatic rings. The number of hydrogen-bond acceptors (Lipinski definition) is 3. The van der Waals surface area contributed by atoms with E-state index in [1.807, 2.05) is 38.1 Å². The van der Waals surface area contributed by atoms with E-state index in [9.17, 15) is 13.2 Å². The van der Waals surface area contributed by atoms with Gasteiger partial charge in [-0.05, 0) is 56.5 Å². The van der Waals surface area contributed by atoms with Crippen LogP contribution in [0.1, 0.15) is 35.3 Å². The van der Waals surface area contributed by atoms with Crippen molar-refractivity contribution < 1.29 is 13.2 Å². The minimum absolute atomic E-state index is 0.0161. The molecule has 6 heteroatoms. The van der Waals surface area contributed by atoms with E-state index in [2.05, 4.69) is 5.32 Å². The Hall–Kier alpha value is -2.34. The molecule has 0 aromatic heterocycles. The van der Waals surface area contributed by atoms with Gasteiger partial charge in [-0.3, -0.25) is 9.10 Å². The lowest BCUT2D eigenvalue weighted by Crippen LogP contribution is -2.32. The van der Waals surface area contributed by atoms with E-state index in [1.54, 1.807) is 19.1 Å². The summed E-state index contributed by atoms with van der Waals surface area (Å²) in [6, 6.07) is 12.2. The zero-order valence-corrected chi connectivity index (χ0v) is 15.4. The second-order valence-electron chi connectivity index (χ2n) is 6.56. The van der Waals surface area contributed by atoms with Crippen LogP contribution in [0.4, 0.5) is 5.69 Å². The number of benzene rings is 2. The maximum Gasteiger partial charge on any atom is 0.264 e. The van der Waals surface area contributed by atoms with Crippen LogP contribution in [-0.2, 0) is 16.4 Å². The number of rotatable bonds is 4. The molecule has 5 nitrogen and oxygen atoms in total. The van der Waals surface area contributed by atoms with Gasteiger partial charge in [0.1, 0.15) is 0 Å². The molecule has 132 valence electrons. The number of para-hydroxylation sites is 1. The predicted molar refractivity (Wildman–Crippen MR) is 98.5 cm³/mol. The summed E-state index contributed by atoms with van der Waals surface area (Å²) in [6.45, 7) is 5.96. The number of fused-ring (bicyclic) bond motifs is 1. The van der Waals surface area contributed by atoms with Crippen molar-refractivity contribution in [2.24, 2.45) is 0 Å². The highest BCUT2D eigenvalue weighted by molar-refractivity contribution is 7.92. The highest BCUT2D eigenvalue weighted by atomic mass is 32.2. The summed E-state index contributed by atoms with van der Waals surface area (Å²) >= 11 is 0. The largest absolute Gasteiger partial charge is 0.350 e. The number of carbonyl (C=O) groups excluding carboxylic acids is 1. The Morgan fingerprint density at radius 1 is 1.16 bits per heavy atom. The molecule has 2 aromatic carbocycles. The Morgan fingerprint density at radius 2 is 1.88 bits per heavy atom. The van der Waals surface area contributed by atoms with Crippen molar-refractivity contribution in [1.82, 2.24) is 5.32 Å². The van der Waals surface area contributed by atoms with Crippen LogP contribution < -0.4 is 9.62 Å². The number of nitrogens with zero attached hydrogens (tertiary/aromatic N) is 1. The first-order chi connectivity index (χ1) is 11.8. The first kappa shape index (κ1) is 17.5. The lowest BCUT2D eigenvalue weighted by Gasteiger charge is -2.20. The van der Waals surface area contributed by atoms with E-state index in [4.69, 9.17) is 0 Å². The summed E-state index contributed by atoms with van der Waals surface area (Å²) in [6.07, 6.45) is 0.696. The molecule has 0 aliphatic carbocycles. The number of hydrogen-bond donors (Lipinski definition) is 1. The number of anilines is 1. The third kappa shape index (κ3) is 3.26. The van der Waals surface area contributed by atoms with Crippen molar-refractivity contribution in [2.45, 2.75) is 38.1 Å². The molecule has 0 atom stereocenters. The lowest BCUT2D eigenvalue weighted by molar-refractivity contribution is 0.0942. The van der Waals surface area contributed by atoms with Crippen LogP contribution in [0.2, 0.25) is 0 Å². The Balaban J connectivity index is 2.00. The molecule has 1 heterocycles. The average Bonchev–Trinajstić information content (AvgIpc) is 2.99. The summed E-state index contributed by atoms with van der Waals surface area (Å²) < 4.78 is 27.6. The minimum atomic E-state index is -3.70. The number of nitrogens with one attached hydrogen (secondary N) is 1. The molecule has 0 saturated carbocycles. The lowest BCUT2D eigenvalue weighted by atomic mass is 10.1. The standard InChI is InChI=1S/C19H22N2O3S/c1-13(2)20-19(22)17-12-16(9-8-14(17)3)25(23,24)21-11-10-15-6-4-5-7-18(15)21/h4-9,12-13H,10-11H2,1-3H3,(H,20,22). The molecular weight excluding hydrogens is 336 g/mol. The van der Waals surface area contributed by atoms with E-state index in [0.717, 1.165) is 16.8 Å². The van der Waals surface area contributed by atoms with Crippen LogP contribution in [-0.4, -0.2) is 26.9 Å². The monoisotopic (exact) mass is 358 g/mol. The van der Waals surface area contributed by atoms with E-state index in [1.165, 1.54) is 10.4 Å². The molecule has 1 N–H and O–H groups in total. The molecule has 0 unspecified atom stereocenters. The molecule has 25 heavy (non-hydrogen) atoms. The van der Waals surface area contributed by atoms with Crippen molar-refractivity contribution in [2.75, 3.05) is 10.8 Å². The fourth-order valence-corrected chi connectivity index (χ4v) is 4.56. The highest BCUT2D eigenvalue weighted by Crippen LogP contribution is 2.33. The number of sulfonamides is 1. The van der Waals surface area contributed by atoms with Crippen LogP contribution >= 0.6 is 0 Å². The van der Waals surface area contributed by atoms with Crippen LogP contribution in [0.3, 0.4) is 0 Å². The van der Waals surface area contributed by atoms with Gasteiger partial charge in [-0.2, -0.15) is 0 Å². The van der Waals surface area contributed by atoms with Gasteiger partial charge in [0, 0.05) is 18.2 Å². The fraction of sp³-hybridized carbons (Fsp3) is 0.316. The molecule has 0 bridgehead atoms. The van der Waals surface area contributed by atoms with Crippen molar-refractivity contribution in [3.05, 3.63) is 59.2 Å². The summed E-state index contributed by atoms with van der Waals surface area (Å²) in [7, 11) is -3.70. The van der Waals surface area contributed by atoms with Gasteiger partial charge in [0.2, 0.25) is 0 Å². The Morgan fingerprint density at radius 3 is 2.60 bits per heavy atom. The number of carbonyl (C=O) groups is 1. The minimum Gasteiger partial charge on any atom is -0.350 e. The molecule has 0 radical (unpaired) electrons. The molecule has 1 aliphatic heterocycles. The maximum absolute atomic E-state index is 13.1. The smallest absolute Gasteiger partial charge is 0.264 e. The van der Waals surface area contributed by atoms with E-state index >= 15 is 0 Å². The van der Waals surface area contributed by atoms with Gasteiger partial charge in [-0.25, -0.2) is 8.42 Å². The topological polar surface area (TPSA) is 66.5 Å². The molecule has 0 saturated heterocycles. The van der Waals surface area contributed by atoms with Gasteiger partial charge >= 0.3 is 0 Å². The molecule has 3 rings (SSSR count). The molecule has 0 fully saturated rings. The zero-order valence-electron chi connectivity index (χ0n) is 14.6. The predicted octanol–water partition coefficient (Wildman–Crippen LogP) is 2.88. The zero-order chi connectivity index (χ0) is 18.2. The van der Waals surface area contributed by atoms with Crippen molar-refractivity contribution in [1.29, 1.82) is 0 Å². The number of aryl methyl sites for hydroxylation is 1. The van der Waals surface area contributed by atoms with Crippen molar-refractivity contribution in [3.63, 3.8) is 0 Å². The van der Waals surface area contributed by atoms with Gasteiger partial charge in [0.15, 0.2) is 0 Å². The quantitative estimate of drug-likeness (QED) is 0.914. The fourth-order valence-electron chi connectivity index (χ4n) is 3.03. The van der Waals surface area contributed by atoms with Gasteiger partial charge in [0.25, 0.3) is 15.9 Å². The van der Waals surface area contributed by atoms with Gasteiger partial charge in [-0.15, -0.1) is 0 Å². The van der Waals surface area contributed by atoms with Crippen LogP contribution in [0.5, 0.6) is 0 Å². The molecule has 1 aliphatic rings. The summed E-state index contributed by atoms with van der Waals surface area (Å²) in [5.74, 6) is -0.258. The summed E-state index contributed by atoms with van der Waals surface area (Å²) in [4.78, 5) is 12.5. The second kappa shape index (κ2) is 6.52. The van der Waals surface area contributed by atoms with Gasteiger partial charge in [0.05, 0.1) is 10.6 Å². The van der Waals surface area contributed by atoms with Crippen LogP contribution in [0.15, 0.2) is 47.4 Å². The van der Waals surface area contributed by atoms with Crippen LogP contribution in [0, 0.1) is 6.92 Å². The highest BCUT2D eigenvalue weighted by Gasteiger charge is 2.31. The van der Waals surface area contributed by atoms with E-state index in [0.29, 0.717) is 18.5 Å². The molecule has 0 spiro atoms. The van der Waals surface area contributed by atoms with Crippen molar-refractivity contribution >= 4 is 21.6 Å². The average molecular weight is 358 g/mol. The normalized spacial score (nSPS) is 13.8. The van der Waals surface area contributed by atoms with Gasteiger partial charge < -0.3 is 5.32 Å². The van der Waals surface area contributed by atoms with E-state index < -0.39 is 10.0 Å². The Kier molecular flexibility index (Phi) is 4.56. The maximum atomic E-state index is 13.1. The first-order valence-electron chi connectivity index (χ1n) is 8.33. The SMILES string of the molecule is Cc1ccc(S(=O)(=O)N2CCc3ccccc32)cc1C(=O)NC(C)C. The second-order valence-corrected chi connectivity index (χ2v) is 8.42. The van der Waals surface area contributed by atoms with Crippen molar-refractivity contribution in [3.8, 4) is 0 Å². The Labute approximate surface area is 148 Å². The van der Waals surface area contributed by atoms with E-state index in [-0.39, 0.29) is 16.8 Å². The summed E-state index contributed by atoms with van der Waals surface area (Å²) in [5, 5.41) is 2.82. The Bertz CT molecular complexity index is 920.